The Morgan fingerprint density at radius 3 is 2.54 bits per heavy atom. The molecule has 1 atom stereocenters. The number of fused-ring (bicyclic) bond motifs is 3. The number of rotatable bonds is 4. The third-order valence-corrected chi connectivity index (χ3v) is 7.51. The van der Waals surface area contributed by atoms with Gasteiger partial charge in [-0.2, -0.15) is 0 Å². The summed E-state index contributed by atoms with van der Waals surface area (Å²) in [6.45, 7) is 4.13. The molecule has 9 heteroatoms. The van der Waals surface area contributed by atoms with E-state index in [1.165, 1.54) is 12.1 Å². The van der Waals surface area contributed by atoms with Crippen LogP contribution in [0.25, 0.3) is 10.9 Å². The summed E-state index contributed by atoms with van der Waals surface area (Å²) in [5.74, 6) is -4.04. The number of hydrogen-bond donors (Lipinski definition) is 2. The van der Waals surface area contributed by atoms with Gasteiger partial charge in [-0.1, -0.05) is 6.07 Å². The number of benzene rings is 2. The van der Waals surface area contributed by atoms with Gasteiger partial charge in [0.2, 0.25) is 5.92 Å². The van der Waals surface area contributed by atoms with Crippen LogP contribution in [0.2, 0.25) is 0 Å². The van der Waals surface area contributed by atoms with E-state index in [9.17, 15) is 27.9 Å². The van der Waals surface area contributed by atoms with Gasteiger partial charge < -0.3 is 10.4 Å². The van der Waals surface area contributed by atoms with Crippen LogP contribution in [0.5, 0.6) is 0 Å². The van der Waals surface area contributed by atoms with Crippen molar-refractivity contribution in [3.63, 3.8) is 0 Å². The predicted octanol–water partition coefficient (Wildman–Crippen LogP) is 5.57. The fourth-order valence-corrected chi connectivity index (χ4v) is 5.58. The van der Waals surface area contributed by atoms with E-state index in [1.54, 1.807) is 10.6 Å². The normalized spacial score (nSPS) is 19.0. The van der Waals surface area contributed by atoms with Crippen molar-refractivity contribution in [2.45, 2.75) is 69.9 Å². The summed E-state index contributed by atoms with van der Waals surface area (Å²) >= 11 is 0. The number of nitrogens with zero attached hydrogens (tertiary/aromatic N) is 2. The molecule has 2 aromatic carbocycles. The van der Waals surface area contributed by atoms with Crippen LogP contribution in [-0.4, -0.2) is 26.5 Å². The summed E-state index contributed by atoms with van der Waals surface area (Å²) in [4.78, 5) is 30.0. The Labute approximate surface area is 199 Å². The number of alkyl halides is 2. The lowest BCUT2D eigenvalue weighted by atomic mass is 9.71. The highest BCUT2D eigenvalue weighted by Crippen LogP contribution is 2.49. The van der Waals surface area contributed by atoms with Crippen molar-refractivity contribution in [2.24, 2.45) is 0 Å². The van der Waals surface area contributed by atoms with E-state index < -0.39 is 29.2 Å². The first kappa shape index (κ1) is 23.4. The number of aryl methyl sites for hydroxylation is 1. The SMILES string of the molecule is Cc1cc([C@@H](C)Nc2ccc(F)cc2C(=O)O)c2nc3n(c(=O)c2c1)CCC31CCC(F)(F)CC1. The van der Waals surface area contributed by atoms with Crippen LogP contribution in [0.1, 0.15) is 72.4 Å². The molecule has 1 spiro atoms. The minimum absolute atomic E-state index is 0.190. The first-order chi connectivity index (χ1) is 16.5. The summed E-state index contributed by atoms with van der Waals surface area (Å²) in [7, 11) is 0. The van der Waals surface area contributed by atoms with Gasteiger partial charge in [-0.3, -0.25) is 9.36 Å². The van der Waals surface area contributed by atoms with Gasteiger partial charge in [0.15, 0.2) is 0 Å². The quantitative estimate of drug-likeness (QED) is 0.505. The number of carboxylic acids is 1. The summed E-state index contributed by atoms with van der Waals surface area (Å²) in [5.41, 5.74) is 1.30. The maximum absolute atomic E-state index is 13.9. The monoisotopic (exact) mass is 485 g/mol. The number of aromatic nitrogens is 2. The van der Waals surface area contributed by atoms with Crippen molar-refractivity contribution >= 4 is 22.6 Å². The van der Waals surface area contributed by atoms with E-state index in [4.69, 9.17) is 4.98 Å². The zero-order valence-corrected chi connectivity index (χ0v) is 19.5. The van der Waals surface area contributed by atoms with E-state index >= 15 is 0 Å². The minimum Gasteiger partial charge on any atom is -0.478 e. The van der Waals surface area contributed by atoms with Crippen LogP contribution < -0.4 is 10.9 Å². The number of halogens is 3. The molecule has 1 saturated carbocycles. The van der Waals surface area contributed by atoms with Crippen molar-refractivity contribution in [2.75, 3.05) is 5.32 Å². The number of aromatic carboxylic acids is 1. The molecular formula is C26H26F3N3O3. The second-order valence-corrected chi connectivity index (χ2v) is 9.89. The van der Waals surface area contributed by atoms with Crippen molar-refractivity contribution < 1.29 is 23.1 Å². The van der Waals surface area contributed by atoms with Gasteiger partial charge in [-0.15, -0.1) is 0 Å². The lowest BCUT2D eigenvalue weighted by Crippen LogP contribution is -2.37. The fraction of sp³-hybridized carbons (Fsp3) is 0.423. The second kappa shape index (κ2) is 8.10. The first-order valence-corrected chi connectivity index (χ1v) is 11.7. The topological polar surface area (TPSA) is 84.2 Å². The van der Waals surface area contributed by atoms with Gasteiger partial charge in [0.05, 0.1) is 22.5 Å². The Morgan fingerprint density at radius 1 is 1.14 bits per heavy atom. The van der Waals surface area contributed by atoms with Crippen molar-refractivity contribution in [1.29, 1.82) is 0 Å². The maximum Gasteiger partial charge on any atom is 0.337 e. The smallest absolute Gasteiger partial charge is 0.337 e. The number of anilines is 1. The van der Waals surface area contributed by atoms with Crippen LogP contribution in [0, 0.1) is 12.7 Å². The van der Waals surface area contributed by atoms with Gasteiger partial charge in [-0.05, 0) is 62.9 Å². The third kappa shape index (κ3) is 3.96. The molecule has 184 valence electrons. The van der Waals surface area contributed by atoms with E-state index in [1.807, 2.05) is 19.9 Å². The Hall–Kier alpha value is -3.36. The Morgan fingerprint density at radius 2 is 1.86 bits per heavy atom. The second-order valence-electron chi connectivity index (χ2n) is 9.89. The van der Waals surface area contributed by atoms with E-state index in [2.05, 4.69) is 5.32 Å². The van der Waals surface area contributed by atoms with Crippen molar-refractivity contribution in [3.05, 3.63) is 69.0 Å². The standard InChI is InChI=1S/C26H26F3N3O3/c1-14-11-17(15(2)30-20-4-3-16(27)13-18(20)23(34)35)21-19(12-14)22(33)32-10-9-25(24(32)31-21)5-7-26(28,29)8-6-25/h3-4,11-13,15,30H,5-10H2,1-2H3,(H,34,35)/t15-/m1/s1. The number of nitrogens with one attached hydrogen (secondary N) is 1. The van der Waals surface area contributed by atoms with Crippen LogP contribution in [0.4, 0.5) is 18.9 Å². The summed E-state index contributed by atoms with van der Waals surface area (Å²) < 4.78 is 43.1. The average Bonchev–Trinajstić information content (AvgIpc) is 3.16. The van der Waals surface area contributed by atoms with Crippen LogP contribution in [0.15, 0.2) is 35.1 Å². The summed E-state index contributed by atoms with van der Waals surface area (Å²) in [6, 6.07) is 6.68. The molecule has 1 aromatic heterocycles. The molecule has 1 aliphatic carbocycles. The summed E-state index contributed by atoms with van der Waals surface area (Å²) in [6.07, 6.45) is 0.737. The highest BCUT2D eigenvalue weighted by Gasteiger charge is 2.49. The maximum atomic E-state index is 13.9. The molecule has 2 heterocycles. The molecule has 5 rings (SSSR count). The molecular weight excluding hydrogens is 459 g/mol. The minimum atomic E-state index is -2.69. The van der Waals surface area contributed by atoms with E-state index in [0.29, 0.717) is 35.3 Å². The molecule has 35 heavy (non-hydrogen) atoms. The first-order valence-electron chi connectivity index (χ1n) is 11.7. The highest BCUT2D eigenvalue weighted by atomic mass is 19.3. The van der Waals surface area contributed by atoms with E-state index in [0.717, 1.165) is 11.6 Å². The Bertz CT molecular complexity index is 1410. The van der Waals surface area contributed by atoms with Crippen LogP contribution in [0.3, 0.4) is 0 Å². The van der Waals surface area contributed by atoms with Crippen molar-refractivity contribution in [3.8, 4) is 0 Å². The largest absolute Gasteiger partial charge is 0.478 e. The lowest BCUT2D eigenvalue weighted by Gasteiger charge is -2.36. The zero-order valence-electron chi connectivity index (χ0n) is 19.5. The molecule has 0 bridgehead atoms. The molecule has 6 nitrogen and oxygen atoms in total. The molecule has 2 N–H and O–H groups in total. The lowest BCUT2D eigenvalue weighted by molar-refractivity contribution is -0.0523. The van der Waals surface area contributed by atoms with Gasteiger partial charge in [-0.25, -0.2) is 22.9 Å². The van der Waals surface area contributed by atoms with Crippen LogP contribution >= 0.6 is 0 Å². The van der Waals surface area contributed by atoms with Gasteiger partial charge in [0.25, 0.3) is 5.56 Å². The molecule has 2 aliphatic rings. The number of carboxylic acid groups (broad SMARTS) is 1. The fourth-order valence-electron chi connectivity index (χ4n) is 5.58. The molecule has 0 amide bonds. The van der Waals surface area contributed by atoms with Gasteiger partial charge in [0.1, 0.15) is 11.6 Å². The predicted molar refractivity (Wildman–Crippen MR) is 126 cm³/mol. The van der Waals surface area contributed by atoms with Gasteiger partial charge >= 0.3 is 5.97 Å². The molecule has 3 aromatic rings. The summed E-state index contributed by atoms with van der Waals surface area (Å²) in [5, 5.41) is 13.1. The Balaban J connectivity index is 1.61. The van der Waals surface area contributed by atoms with Gasteiger partial charge in [0, 0.05) is 36.1 Å². The van der Waals surface area contributed by atoms with Crippen molar-refractivity contribution in [1.82, 2.24) is 9.55 Å². The third-order valence-electron chi connectivity index (χ3n) is 7.51. The Kier molecular flexibility index (Phi) is 5.41. The van der Waals surface area contributed by atoms with Crippen LogP contribution in [-0.2, 0) is 12.0 Å². The molecule has 1 fully saturated rings. The molecule has 0 saturated heterocycles. The molecule has 1 aliphatic heterocycles. The number of carbonyl (C=O) groups is 1. The van der Waals surface area contributed by atoms with E-state index in [-0.39, 0.29) is 42.5 Å². The average molecular weight is 486 g/mol. The molecule has 0 unspecified atom stereocenters. The number of hydrogen-bond acceptors (Lipinski definition) is 4. The zero-order chi connectivity index (χ0) is 25.1. The highest BCUT2D eigenvalue weighted by molar-refractivity contribution is 5.94. The molecule has 0 radical (unpaired) electrons.